The molecule has 326 valence electrons. The van der Waals surface area contributed by atoms with Crippen molar-refractivity contribution in [2.75, 3.05) is 0 Å². The first kappa shape index (κ1) is 40.2. The SMILES string of the molecule is CC.c1ccc(-c2nc(-n3c4ccc(-c5cccc6c5oc5ccccc56)cc4c4cccc(-c5cccc(-c6cccc(-c7ccc8oc9ccccc9c8c7)c6)c5)c43)nc3ccccc23)cc1. The Kier molecular flexibility index (Phi) is 9.55. The van der Waals surface area contributed by atoms with E-state index in [1.807, 2.05) is 50.2 Å². The molecule has 0 radical (unpaired) electrons. The van der Waals surface area contributed by atoms with Gasteiger partial charge in [-0.2, -0.15) is 0 Å². The lowest BCUT2D eigenvalue weighted by molar-refractivity contribution is 0.669. The van der Waals surface area contributed by atoms with E-state index in [1.165, 1.54) is 0 Å². The van der Waals surface area contributed by atoms with Crippen LogP contribution in [0.3, 0.4) is 0 Å². The molecule has 0 aliphatic rings. The minimum absolute atomic E-state index is 0.614. The van der Waals surface area contributed by atoms with Crippen LogP contribution >= 0.6 is 0 Å². The summed E-state index contributed by atoms with van der Waals surface area (Å²) >= 11 is 0. The first-order valence-corrected chi connectivity index (χ1v) is 23.6. The van der Waals surface area contributed by atoms with Crippen molar-refractivity contribution in [3.63, 3.8) is 0 Å². The van der Waals surface area contributed by atoms with Crippen molar-refractivity contribution in [1.82, 2.24) is 14.5 Å². The highest BCUT2D eigenvalue weighted by Crippen LogP contribution is 2.43. The Labute approximate surface area is 398 Å². The van der Waals surface area contributed by atoms with Crippen molar-refractivity contribution in [2.24, 2.45) is 0 Å². The first-order valence-electron chi connectivity index (χ1n) is 23.6. The molecule has 0 unspecified atom stereocenters. The van der Waals surface area contributed by atoms with E-state index < -0.39 is 0 Å². The maximum atomic E-state index is 6.57. The normalized spacial score (nSPS) is 11.6. The van der Waals surface area contributed by atoms with Crippen molar-refractivity contribution in [3.05, 3.63) is 224 Å². The van der Waals surface area contributed by atoms with Gasteiger partial charge in [-0.3, -0.25) is 4.57 Å². The average molecular weight is 886 g/mol. The molecule has 0 atom stereocenters. The molecule has 0 saturated heterocycles. The molecule has 5 heteroatoms. The van der Waals surface area contributed by atoms with Gasteiger partial charge in [0, 0.05) is 54.4 Å². The average Bonchev–Trinajstić information content (AvgIpc) is 4.11. The van der Waals surface area contributed by atoms with Gasteiger partial charge >= 0.3 is 0 Å². The molecule has 0 spiro atoms. The van der Waals surface area contributed by atoms with E-state index in [0.717, 1.165) is 132 Å². The third-order valence-corrected chi connectivity index (χ3v) is 13.4. The van der Waals surface area contributed by atoms with Gasteiger partial charge < -0.3 is 8.83 Å². The standard InChI is InChI=1S/C62H37N3O2.C2H6/c1-2-14-38(15-3-1)59-51-22-4-7-27-54(51)63-62(64-59)65-55-32-30-44(46-24-13-26-50-47-20-5-9-29-57(47)67-61(46)50)37-52(55)49-25-12-23-45(60(49)65)43-19-11-18-41(35-43)39-16-10-17-40(34-39)42-31-33-58-53(36-42)48-21-6-8-28-56(48)66-58;1-2/h1-37H;1-2H3. The van der Waals surface area contributed by atoms with Crippen LogP contribution in [0.5, 0.6) is 0 Å². The predicted molar refractivity (Wildman–Crippen MR) is 287 cm³/mol. The van der Waals surface area contributed by atoms with Gasteiger partial charge in [-0.15, -0.1) is 0 Å². The summed E-state index contributed by atoms with van der Waals surface area (Å²) in [5, 5.41) is 7.68. The molecule has 0 bridgehead atoms. The minimum atomic E-state index is 0.614. The van der Waals surface area contributed by atoms with Gasteiger partial charge in [0.1, 0.15) is 22.3 Å². The van der Waals surface area contributed by atoms with Gasteiger partial charge in [0.2, 0.25) is 5.95 Å². The van der Waals surface area contributed by atoms with Crippen LogP contribution in [-0.4, -0.2) is 14.5 Å². The molecule has 10 aromatic carbocycles. The number of furan rings is 2. The summed E-state index contributed by atoms with van der Waals surface area (Å²) in [5.74, 6) is 0.614. The maximum Gasteiger partial charge on any atom is 0.235 e. The molecule has 0 aliphatic heterocycles. The largest absolute Gasteiger partial charge is 0.456 e. The number of aromatic nitrogens is 3. The third kappa shape index (κ3) is 6.62. The fraction of sp³-hybridized carbons (Fsp3) is 0.0312. The fourth-order valence-electron chi connectivity index (χ4n) is 10.3. The lowest BCUT2D eigenvalue weighted by Gasteiger charge is -2.14. The van der Waals surface area contributed by atoms with Crippen molar-refractivity contribution in [2.45, 2.75) is 13.8 Å². The molecule has 0 fully saturated rings. The van der Waals surface area contributed by atoms with Crippen LogP contribution in [0.1, 0.15) is 13.8 Å². The van der Waals surface area contributed by atoms with E-state index in [0.29, 0.717) is 5.95 Å². The maximum absolute atomic E-state index is 6.57. The number of fused-ring (bicyclic) bond motifs is 10. The molecule has 14 aromatic rings. The van der Waals surface area contributed by atoms with Crippen molar-refractivity contribution < 1.29 is 8.83 Å². The van der Waals surface area contributed by atoms with Crippen LogP contribution in [-0.2, 0) is 0 Å². The van der Waals surface area contributed by atoms with Gasteiger partial charge in [0.05, 0.1) is 22.2 Å². The molecule has 14 rings (SSSR count). The van der Waals surface area contributed by atoms with Gasteiger partial charge in [-0.25, -0.2) is 9.97 Å². The number of nitrogens with zero attached hydrogens (tertiary/aromatic N) is 3. The molecule has 4 aromatic heterocycles. The van der Waals surface area contributed by atoms with Crippen molar-refractivity contribution in [3.8, 4) is 61.7 Å². The molecule has 0 saturated carbocycles. The fourth-order valence-corrected chi connectivity index (χ4v) is 10.3. The number of rotatable bonds is 6. The van der Waals surface area contributed by atoms with Gasteiger partial charge in [0.25, 0.3) is 0 Å². The molecule has 0 aliphatic carbocycles. The number of hydrogen-bond donors (Lipinski definition) is 0. The van der Waals surface area contributed by atoms with E-state index in [-0.39, 0.29) is 0 Å². The van der Waals surface area contributed by atoms with Gasteiger partial charge in [-0.1, -0.05) is 184 Å². The Morgan fingerprint density at radius 1 is 0.333 bits per heavy atom. The van der Waals surface area contributed by atoms with Crippen LogP contribution in [0.2, 0.25) is 0 Å². The molecular formula is C64H43N3O2. The summed E-state index contributed by atoms with van der Waals surface area (Å²) in [7, 11) is 0. The Bertz CT molecular complexity index is 4290. The van der Waals surface area contributed by atoms with Crippen LogP contribution in [0, 0.1) is 0 Å². The highest BCUT2D eigenvalue weighted by atomic mass is 16.3. The first-order chi connectivity index (χ1) is 34.2. The number of benzene rings is 10. The zero-order valence-electron chi connectivity index (χ0n) is 38.0. The highest BCUT2D eigenvalue weighted by molar-refractivity contribution is 6.16. The Balaban J connectivity index is 0.00000232. The Morgan fingerprint density at radius 2 is 0.855 bits per heavy atom. The third-order valence-electron chi connectivity index (χ3n) is 13.4. The minimum Gasteiger partial charge on any atom is -0.456 e. The zero-order valence-corrected chi connectivity index (χ0v) is 38.0. The van der Waals surface area contributed by atoms with Crippen LogP contribution in [0.15, 0.2) is 233 Å². The Hall–Kier alpha value is -9.06. The summed E-state index contributed by atoms with van der Waals surface area (Å²) in [6, 6.07) is 79.3. The molecule has 69 heavy (non-hydrogen) atoms. The second-order valence-corrected chi connectivity index (χ2v) is 17.3. The summed E-state index contributed by atoms with van der Waals surface area (Å²) < 4.78 is 15.0. The van der Waals surface area contributed by atoms with E-state index in [4.69, 9.17) is 18.8 Å². The smallest absolute Gasteiger partial charge is 0.235 e. The Morgan fingerprint density at radius 3 is 1.64 bits per heavy atom. The van der Waals surface area contributed by atoms with Crippen LogP contribution in [0.4, 0.5) is 0 Å². The predicted octanol–water partition coefficient (Wildman–Crippen LogP) is 17.9. The number of para-hydroxylation sites is 5. The molecular weight excluding hydrogens is 843 g/mol. The molecule has 5 nitrogen and oxygen atoms in total. The van der Waals surface area contributed by atoms with Crippen molar-refractivity contribution >= 4 is 76.6 Å². The zero-order chi connectivity index (χ0) is 46.0. The summed E-state index contributed by atoms with van der Waals surface area (Å²) in [5.41, 5.74) is 17.3. The lowest BCUT2D eigenvalue weighted by Crippen LogP contribution is -2.04. The quantitative estimate of drug-likeness (QED) is 0.167. The van der Waals surface area contributed by atoms with E-state index >= 15 is 0 Å². The summed E-state index contributed by atoms with van der Waals surface area (Å²) in [4.78, 5) is 10.8. The monoisotopic (exact) mass is 885 g/mol. The van der Waals surface area contributed by atoms with E-state index in [2.05, 4.69) is 193 Å². The van der Waals surface area contributed by atoms with Gasteiger partial charge in [-0.05, 0) is 88.0 Å². The van der Waals surface area contributed by atoms with Crippen LogP contribution < -0.4 is 0 Å². The molecule has 0 N–H and O–H groups in total. The van der Waals surface area contributed by atoms with Crippen molar-refractivity contribution in [1.29, 1.82) is 0 Å². The topological polar surface area (TPSA) is 57.0 Å². The van der Waals surface area contributed by atoms with E-state index in [9.17, 15) is 0 Å². The highest BCUT2D eigenvalue weighted by Gasteiger charge is 2.22. The second kappa shape index (κ2) is 16.4. The number of hydrogen-bond acceptors (Lipinski definition) is 4. The lowest BCUT2D eigenvalue weighted by atomic mass is 9.95. The van der Waals surface area contributed by atoms with E-state index in [1.54, 1.807) is 0 Å². The summed E-state index contributed by atoms with van der Waals surface area (Å²) in [6.07, 6.45) is 0. The van der Waals surface area contributed by atoms with Gasteiger partial charge in [0.15, 0.2) is 0 Å². The van der Waals surface area contributed by atoms with Crippen LogP contribution in [0.25, 0.3) is 138 Å². The molecule has 0 amide bonds. The molecule has 4 heterocycles. The summed E-state index contributed by atoms with van der Waals surface area (Å²) in [6.45, 7) is 4.00. The second-order valence-electron chi connectivity index (χ2n) is 17.3.